The Morgan fingerprint density at radius 1 is 1.18 bits per heavy atom. The van der Waals surface area contributed by atoms with Crippen LogP contribution in [0, 0.1) is 5.82 Å². The van der Waals surface area contributed by atoms with E-state index in [1.165, 1.54) is 11.1 Å². The minimum Gasteiger partial charge on any atom is -0.316 e. The molecule has 150 valence electrons. The first-order chi connectivity index (χ1) is 13.5. The van der Waals surface area contributed by atoms with Gasteiger partial charge in [-0.05, 0) is 73.9 Å². The zero-order valence-corrected chi connectivity index (χ0v) is 17.0. The van der Waals surface area contributed by atoms with Gasteiger partial charge in [-0.25, -0.2) is 17.5 Å². The van der Waals surface area contributed by atoms with Crippen molar-refractivity contribution in [3.05, 3.63) is 70.5 Å². The first kappa shape index (κ1) is 19.6. The third kappa shape index (κ3) is 3.86. The van der Waals surface area contributed by atoms with Gasteiger partial charge in [0, 0.05) is 17.5 Å². The van der Waals surface area contributed by atoms with E-state index >= 15 is 0 Å². The van der Waals surface area contributed by atoms with Crippen molar-refractivity contribution in [3.63, 3.8) is 0 Å². The van der Waals surface area contributed by atoms with E-state index in [9.17, 15) is 12.8 Å². The summed E-state index contributed by atoms with van der Waals surface area (Å²) in [6.07, 6.45) is 4.63. The smallest absolute Gasteiger partial charge is 0.201 e. The van der Waals surface area contributed by atoms with E-state index in [1.807, 2.05) is 31.3 Å². The molecular formula is C22H27FN2O2S. The molecule has 2 aliphatic rings. The summed E-state index contributed by atoms with van der Waals surface area (Å²) in [5.74, 6) is 0.0614. The molecule has 4 rings (SSSR count). The van der Waals surface area contributed by atoms with Gasteiger partial charge in [0.2, 0.25) is 10.9 Å². The van der Waals surface area contributed by atoms with Gasteiger partial charge < -0.3 is 5.32 Å². The standard InChI is InChI=1S/C22H27FN2O2S/c1-24-21-13-16-12-20(23)17(14-22(8-5-9-22)25-28(26)27)11-18(16)19(21)10-15-6-3-2-4-7-15/h2-4,6-7,11-12,19,21,24,28H,5,8-10,13-14H2,1H3,(H,25,26,27). The molecule has 0 aromatic heterocycles. The SMILES string of the molecule is CNC1Cc2cc(F)c(CC3(N[SH](=O)=O)CCC3)cc2C1Cc1ccccc1. The highest BCUT2D eigenvalue weighted by Crippen LogP contribution is 2.40. The van der Waals surface area contributed by atoms with Gasteiger partial charge in [0.1, 0.15) is 5.82 Å². The molecule has 1 fully saturated rings. The van der Waals surface area contributed by atoms with Crippen LogP contribution in [0.2, 0.25) is 0 Å². The van der Waals surface area contributed by atoms with Crippen LogP contribution in [0.5, 0.6) is 0 Å². The summed E-state index contributed by atoms with van der Waals surface area (Å²) >= 11 is 0. The van der Waals surface area contributed by atoms with Crippen molar-refractivity contribution in [3.8, 4) is 0 Å². The van der Waals surface area contributed by atoms with Gasteiger partial charge in [-0.1, -0.05) is 36.4 Å². The van der Waals surface area contributed by atoms with Gasteiger partial charge >= 0.3 is 0 Å². The monoisotopic (exact) mass is 402 g/mol. The molecule has 0 spiro atoms. The number of fused-ring (bicyclic) bond motifs is 1. The van der Waals surface area contributed by atoms with Crippen LogP contribution in [-0.2, 0) is 30.2 Å². The number of thiol groups is 1. The van der Waals surface area contributed by atoms with Crippen molar-refractivity contribution in [2.24, 2.45) is 0 Å². The van der Waals surface area contributed by atoms with Crippen molar-refractivity contribution in [2.45, 2.75) is 56.0 Å². The molecule has 2 unspecified atom stereocenters. The van der Waals surface area contributed by atoms with Crippen LogP contribution < -0.4 is 10.0 Å². The summed E-state index contributed by atoms with van der Waals surface area (Å²) in [6.45, 7) is 0. The molecule has 0 heterocycles. The third-order valence-corrected chi connectivity index (χ3v) is 7.13. The highest BCUT2D eigenvalue weighted by atomic mass is 32.2. The third-order valence-electron chi connectivity index (χ3n) is 6.47. The van der Waals surface area contributed by atoms with Gasteiger partial charge in [0.25, 0.3) is 0 Å². The van der Waals surface area contributed by atoms with E-state index in [0.29, 0.717) is 12.0 Å². The van der Waals surface area contributed by atoms with Crippen LogP contribution in [0.15, 0.2) is 42.5 Å². The second kappa shape index (κ2) is 7.93. The molecule has 0 radical (unpaired) electrons. The second-order valence-corrected chi connectivity index (χ2v) is 8.96. The Kier molecular flexibility index (Phi) is 5.54. The molecule has 0 amide bonds. The summed E-state index contributed by atoms with van der Waals surface area (Å²) in [6, 6.07) is 14.3. The first-order valence-electron chi connectivity index (χ1n) is 9.94. The number of benzene rings is 2. The first-order valence-corrected chi connectivity index (χ1v) is 11.1. The van der Waals surface area contributed by atoms with E-state index < -0.39 is 16.4 Å². The summed E-state index contributed by atoms with van der Waals surface area (Å²) in [5, 5.41) is 3.40. The zero-order valence-electron chi connectivity index (χ0n) is 16.1. The molecule has 6 heteroatoms. The summed E-state index contributed by atoms with van der Waals surface area (Å²) in [4.78, 5) is 0. The van der Waals surface area contributed by atoms with E-state index in [2.05, 4.69) is 22.2 Å². The topological polar surface area (TPSA) is 58.2 Å². The number of hydrogen-bond donors (Lipinski definition) is 3. The average Bonchev–Trinajstić information content (AvgIpc) is 2.97. The van der Waals surface area contributed by atoms with E-state index in [1.54, 1.807) is 6.07 Å². The molecule has 2 aliphatic carbocycles. The summed E-state index contributed by atoms with van der Waals surface area (Å²) in [5.41, 5.74) is 3.64. The van der Waals surface area contributed by atoms with Gasteiger partial charge in [-0.3, -0.25) is 0 Å². The van der Waals surface area contributed by atoms with Gasteiger partial charge in [-0.2, -0.15) is 0 Å². The molecule has 0 saturated heterocycles. The number of likely N-dealkylation sites (N-methyl/N-ethyl adjacent to an activating group) is 1. The van der Waals surface area contributed by atoms with Crippen molar-refractivity contribution >= 4 is 10.9 Å². The molecule has 1 saturated carbocycles. The Hall–Kier alpha value is -1.76. The molecule has 0 bridgehead atoms. The minimum absolute atomic E-state index is 0.219. The lowest BCUT2D eigenvalue weighted by molar-refractivity contribution is 0.220. The van der Waals surface area contributed by atoms with Crippen LogP contribution in [0.1, 0.15) is 47.4 Å². The number of nitrogens with one attached hydrogen (secondary N) is 2. The molecule has 28 heavy (non-hydrogen) atoms. The Morgan fingerprint density at radius 3 is 2.54 bits per heavy atom. The Balaban J connectivity index is 1.64. The maximum absolute atomic E-state index is 14.9. The van der Waals surface area contributed by atoms with Gasteiger partial charge in [-0.15, -0.1) is 0 Å². The van der Waals surface area contributed by atoms with Crippen LogP contribution in [0.3, 0.4) is 0 Å². The zero-order chi connectivity index (χ0) is 19.7. The lowest BCUT2D eigenvalue weighted by Crippen LogP contribution is -2.52. The largest absolute Gasteiger partial charge is 0.316 e. The van der Waals surface area contributed by atoms with Gasteiger partial charge in [0.15, 0.2) is 0 Å². The minimum atomic E-state index is -2.69. The van der Waals surface area contributed by atoms with Crippen molar-refractivity contribution in [1.82, 2.24) is 10.0 Å². The fourth-order valence-corrected chi connectivity index (χ4v) is 5.54. The van der Waals surface area contributed by atoms with E-state index in [4.69, 9.17) is 0 Å². The molecule has 2 aromatic rings. The highest BCUT2D eigenvalue weighted by molar-refractivity contribution is 7.70. The number of hydrogen-bond acceptors (Lipinski definition) is 3. The summed E-state index contributed by atoms with van der Waals surface area (Å²) < 4.78 is 40.0. The lowest BCUT2D eigenvalue weighted by atomic mass is 9.73. The Labute approximate surface area is 167 Å². The predicted molar refractivity (Wildman–Crippen MR) is 110 cm³/mol. The molecule has 2 aromatic carbocycles. The van der Waals surface area contributed by atoms with Crippen molar-refractivity contribution in [1.29, 1.82) is 0 Å². The normalized spacial score (nSPS) is 22.8. The van der Waals surface area contributed by atoms with Crippen molar-refractivity contribution in [2.75, 3.05) is 7.05 Å². The quantitative estimate of drug-likeness (QED) is 0.624. The lowest BCUT2D eigenvalue weighted by Gasteiger charge is -2.41. The van der Waals surface area contributed by atoms with Gasteiger partial charge in [0.05, 0.1) is 0 Å². The number of rotatable bonds is 7. The maximum atomic E-state index is 14.9. The van der Waals surface area contributed by atoms with Crippen LogP contribution in [-0.4, -0.2) is 27.0 Å². The van der Waals surface area contributed by atoms with Crippen LogP contribution in [0.25, 0.3) is 0 Å². The molecule has 2 N–H and O–H groups in total. The Morgan fingerprint density at radius 2 is 1.93 bits per heavy atom. The number of halogens is 1. The van der Waals surface area contributed by atoms with E-state index in [-0.39, 0.29) is 17.8 Å². The highest BCUT2D eigenvalue weighted by Gasteiger charge is 2.39. The van der Waals surface area contributed by atoms with Crippen molar-refractivity contribution < 1.29 is 12.8 Å². The fourth-order valence-electron chi connectivity index (χ4n) is 4.85. The molecular weight excluding hydrogens is 375 g/mol. The van der Waals surface area contributed by atoms with Crippen LogP contribution >= 0.6 is 0 Å². The Bertz CT molecular complexity index is 918. The van der Waals surface area contributed by atoms with E-state index in [0.717, 1.165) is 37.7 Å². The maximum Gasteiger partial charge on any atom is 0.201 e. The fraction of sp³-hybridized carbons (Fsp3) is 0.455. The molecule has 2 atom stereocenters. The predicted octanol–water partition coefficient (Wildman–Crippen LogP) is 2.88. The second-order valence-electron chi connectivity index (χ2n) is 8.22. The van der Waals surface area contributed by atoms with Crippen LogP contribution in [0.4, 0.5) is 4.39 Å². The average molecular weight is 403 g/mol. The summed E-state index contributed by atoms with van der Waals surface area (Å²) in [7, 11) is -0.726. The molecule has 0 aliphatic heterocycles. The molecule has 4 nitrogen and oxygen atoms in total.